The van der Waals surface area contributed by atoms with Crippen molar-refractivity contribution in [3.05, 3.63) is 0 Å². The SMILES string of the molecule is CC(C)(C)OC(=O)NCCCC(Sc1nnn[nH]1)C1(C(=O)O)CS[C@@H]2C(N)C(=O)N2C1. The van der Waals surface area contributed by atoms with Gasteiger partial charge in [0.1, 0.15) is 22.4 Å². The number of aromatic nitrogens is 4. The first-order chi connectivity index (χ1) is 14.5. The number of ether oxygens (including phenoxy) is 1. The highest BCUT2D eigenvalue weighted by atomic mass is 32.2. The number of carboxylic acid groups (broad SMARTS) is 1. The van der Waals surface area contributed by atoms with Crippen molar-refractivity contribution in [2.45, 2.75) is 61.0 Å². The molecule has 0 spiro atoms. The van der Waals surface area contributed by atoms with Gasteiger partial charge in [-0.1, -0.05) is 11.8 Å². The van der Waals surface area contributed by atoms with E-state index >= 15 is 0 Å². The highest BCUT2D eigenvalue weighted by molar-refractivity contribution is 8.01. The Morgan fingerprint density at radius 2 is 2.26 bits per heavy atom. The molecule has 0 bridgehead atoms. The molecule has 0 aromatic carbocycles. The van der Waals surface area contributed by atoms with E-state index in [0.717, 1.165) is 0 Å². The van der Waals surface area contributed by atoms with E-state index in [0.29, 0.717) is 30.3 Å². The van der Waals surface area contributed by atoms with Gasteiger partial charge in [-0.3, -0.25) is 9.59 Å². The Morgan fingerprint density at radius 1 is 1.52 bits per heavy atom. The Labute approximate surface area is 187 Å². The van der Waals surface area contributed by atoms with Crippen LogP contribution in [0.15, 0.2) is 5.16 Å². The minimum Gasteiger partial charge on any atom is -0.481 e. The van der Waals surface area contributed by atoms with Gasteiger partial charge >= 0.3 is 12.1 Å². The van der Waals surface area contributed by atoms with Gasteiger partial charge in [0.2, 0.25) is 11.1 Å². The molecule has 0 radical (unpaired) electrons. The van der Waals surface area contributed by atoms with Gasteiger partial charge in [0.25, 0.3) is 0 Å². The lowest BCUT2D eigenvalue weighted by molar-refractivity contribution is -0.156. The van der Waals surface area contributed by atoms with Crippen LogP contribution in [0.3, 0.4) is 0 Å². The number of aliphatic carboxylic acids is 1. The first-order valence-corrected chi connectivity index (χ1v) is 11.7. The van der Waals surface area contributed by atoms with E-state index in [2.05, 4.69) is 25.9 Å². The smallest absolute Gasteiger partial charge is 0.407 e. The van der Waals surface area contributed by atoms with Crippen molar-refractivity contribution in [2.24, 2.45) is 11.1 Å². The second kappa shape index (κ2) is 9.20. The molecular weight excluding hydrogens is 446 g/mol. The molecule has 2 fully saturated rings. The minimum absolute atomic E-state index is 0.0747. The summed E-state index contributed by atoms with van der Waals surface area (Å²) in [7, 11) is 0. The summed E-state index contributed by atoms with van der Waals surface area (Å²) in [6.45, 7) is 5.72. The van der Waals surface area contributed by atoms with E-state index in [1.165, 1.54) is 28.4 Å². The number of nitrogens with one attached hydrogen (secondary N) is 2. The zero-order valence-corrected chi connectivity index (χ0v) is 19.2. The molecule has 3 rings (SSSR count). The van der Waals surface area contributed by atoms with Crippen molar-refractivity contribution in [1.29, 1.82) is 0 Å². The lowest BCUT2D eigenvalue weighted by Gasteiger charge is -2.54. The Hall–Kier alpha value is -2.06. The second-order valence-corrected chi connectivity index (χ2v) is 10.8. The summed E-state index contributed by atoms with van der Waals surface area (Å²) in [6.07, 6.45) is 0.433. The van der Waals surface area contributed by atoms with E-state index < -0.39 is 34.4 Å². The van der Waals surface area contributed by atoms with Gasteiger partial charge in [-0.15, -0.1) is 16.9 Å². The van der Waals surface area contributed by atoms with E-state index in [9.17, 15) is 19.5 Å². The van der Waals surface area contributed by atoms with Crippen LogP contribution in [0.2, 0.25) is 0 Å². The van der Waals surface area contributed by atoms with Crippen molar-refractivity contribution < 1.29 is 24.2 Å². The Balaban J connectivity index is 1.69. The second-order valence-electron chi connectivity index (χ2n) is 8.54. The third-order valence-electron chi connectivity index (χ3n) is 5.08. The van der Waals surface area contributed by atoms with Crippen LogP contribution in [0.5, 0.6) is 0 Å². The first-order valence-electron chi connectivity index (χ1n) is 9.82. The maximum Gasteiger partial charge on any atom is 0.407 e. The lowest BCUT2D eigenvalue weighted by atomic mass is 9.81. The molecule has 2 saturated heterocycles. The molecule has 31 heavy (non-hydrogen) atoms. The number of alkyl carbamates (subject to hydrolysis) is 1. The molecular formula is C17H27N7O5S2. The quantitative estimate of drug-likeness (QED) is 0.232. The third-order valence-corrected chi connectivity index (χ3v) is 8.02. The molecule has 0 aliphatic carbocycles. The summed E-state index contributed by atoms with van der Waals surface area (Å²) in [5.41, 5.74) is 4.04. The summed E-state index contributed by atoms with van der Waals surface area (Å²) in [5.74, 6) is -0.917. The van der Waals surface area contributed by atoms with Crippen LogP contribution >= 0.6 is 23.5 Å². The average Bonchev–Trinajstić information content (AvgIpc) is 3.20. The van der Waals surface area contributed by atoms with Crippen LogP contribution in [0.25, 0.3) is 0 Å². The van der Waals surface area contributed by atoms with Crippen LogP contribution in [-0.2, 0) is 14.3 Å². The van der Waals surface area contributed by atoms with E-state index in [1.807, 2.05) is 0 Å². The number of thioether (sulfide) groups is 2. The molecule has 4 atom stereocenters. The topological polar surface area (TPSA) is 176 Å². The average molecular weight is 474 g/mol. The zero-order chi connectivity index (χ0) is 22.8. The number of carbonyl (C=O) groups is 3. The van der Waals surface area contributed by atoms with Crippen LogP contribution in [0, 0.1) is 5.41 Å². The summed E-state index contributed by atoms with van der Waals surface area (Å²) in [6, 6.07) is -0.584. The molecule has 12 nitrogen and oxygen atoms in total. The van der Waals surface area contributed by atoms with Crippen molar-refractivity contribution in [1.82, 2.24) is 30.8 Å². The fourth-order valence-corrected chi connectivity index (χ4v) is 6.42. The third kappa shape index (κ3) is 5.23. The van der Waals surface area contributed by atoms with Crippen LogP contribution in [0.4, 0.5) is 4.79 Å². The summed E-state index contributed by atoms with van der Waals surface area (Å²) >= 11 is 2.61. The number of carboxylic acids is 1. The number of hydrogen-bond acceptors (Lipinski definition) is 10. The van der Waals surface area contributed by atoms with Crippen molar-refractivity contribution >= 4 is 41.5 Å². The monoisotopic (exact) mass is 473 g/mol. The number of nitrogens with two attached hydrogens (primary N) is 1. The molecule has 5 N–H and O–H groups in total. The summed E-state index contributed by atoms with van der Waals surface area (Å²) in [5, 5.41) is 26.3. The summed E-state index contributed by atoms with van der Waals surface area (Å²) < 4.78 is 5.22. The summed E-state index contributed by atoms with van der Waals surface area (Å²) in [4.78, 5) is 38.0. The molecule has 2 aliphatic heterocycles. The predicted octanol–water partition coefficient (Wildman–Crippen LogP) is 0.279. The zero-order valence-electron chi connectivity index (χ0n) is 17.5. The normalized spacial score (nSPS) is 26.6. The number of aromatic amines is 1. The van der Waals surface area contributed by atoms with Crippen LogP contribution < -0.4 is 11.1 Å². The fourth-order valence-electron chi connectivity index (χ4n) is 3.53. The van der Waals surface area contributed by atoms with Gasteiger partial charge in [-0.25, -0.2) is 9.89 Å². The number of H-pyrrole nitrogens is 1. The molecule has 172 valence electrons. The van der Waals surface area contributed by atoms with Gasteiger partial charge in [0, 0.05) is 24.1 Å². The molecule has 3 unspecified atom stereocenters. The number of tetrazole rings is 1. The molecule has 2 amide bonds. The fraction of sp³-hybridized carbons (Fsp3) is 0.765. The van der Waals surface area contributed by atoms with Gasteiger partial charge in [-0.2, -0.15) is 0 Å². The maximum atomic E-state index is 12.5. The number of nitrogens with zero attached hydrogens (tertiary/aromatic N) is 4. The van der Waals surface area contributed by atoms with E-state index in [1.54, 1.807) is 20.8 Å². The highest BCUT2D eigenvalue weighted by Gasteiger charge is 2.58. The number of carbonyl (C=O) groups excluding carboxylic acids is 2. The maximum absolute atomic E-state index is 12.5. The first kappa shape index (κ1) is 23.6. The molecule has 0 saturated carbocycles. The minimum atomic E-state index is -1.21. The van der Waals surface area contributed by atoms with Gasteiger partial charge < -0.3 is 25.8 Å². The molecule has 2 aliphatic rings. The molecule has 1 aromatic rings. The van der Waals surface area contributed by atoms with Crippen molar-refractivity contribution in [3.63, 3.8) is 0 Å². The van der Waals surface area contributed by atoms with Crippen molar-refractivity contribution in [2.75, 3.05) is 18.8 Å². The van der Waals surface area contributed by atoms with E-state index in [-0.39, 0.29) is 17.8 Å². The number of rotatable bonds is 8. The molecule has 14 heteroatoms. The standard InChI is InChI=1S/C17H27N7O5S2/c1-16(2,3)29-15(28)19-6-4-5-9(31-14-20-22-23-21-14)17(13(26)27)7-24-11(25)10(18)12(24)30-8-17/h9-10,12H,4-8,18H2,1-3H3,(H,19,28)(H,26,27)(H,20,21,22,23)/t9?,10?,12-,17?/m1/s1. The predicted molar refractivity (Wildman–Crippen MR) is 113 cm³/mol. The molecule has 3 heterocycles. The van der Waals surface area contributed by atoms with Crippen molar-refractivity contribution in [3.8, 4) is 0 Å². The number of fused-ring (bicyclic) bond motifs is 1. The van der Waals surface area contributed by atoms with Gasteiger partial charge in [0.05, 0.1) is 0 Å². The van der Waals surface area contributed by atoms with Crippen LogP contribution in [0.1, 0.15) is 33.6 Å². The van der Waals surface area contributed by atoms with Crippen LogP contribution in [-0.4, -0.2) is 89.7 Å². The van der Waals surface area contributed by atoms with Gasteiger partial charge in [-0.05, 0) is 44.0 Å². The largest absolute Gasteiger partial charge is 0.481 e. The Bertz CT molecular complexity index is 818. The molecule has 1 aromatic heterocycles. The highest BCUT2D eigenvalue weighted by Crippen LogP contribution is 2.48. The van der Waals surface area contributed by atoms with Gasteiger partial charge in [0.15, 0.2) is 0 Å². The Kier molecular flexibility index (Phi) is 7.01. The lowest BCUT2D eigenvalue weighted by Crippen LogP contribution is -2.73. The number of hydrogen-bond donors (Lipinski definition) is 4. The number of amides is 2. The van der Waals surface area contributed by atoms with E-state index in [4.69, 9.17) is 10.5 Å². The number of β-lactam (4-membered cyclic amide) rings is 1. The Morgan fingerprint density at radius 3 is 2.87 bits per heavy atom.